The van der Waals surface area contributed by atoms with Crippen molar-refractivity contribution in [2.75, 3.05) is 46.9 Å². The standard InChI is InChI=1S/C22H34N6O/c1-5-23-22(24-15-20(26(2)3)13-18-9-7-6-8-10-18)28-11-12-29-21(17-28)19-14-25-27(4)16-19/h6-10,14,16,20-21H,5,11-13,15,17H2,1-4H3,(H,23,24). The summed E-state index contributed by atoms with van der Waals surface area (Å²) in [5.74, 6) is 0.963. The van der Waals surface area contributed by atoms with Gasteiger partial charge in [0.15, 0.2) is 5.96 Å². The van der Waals surface area contributed by atoms with E-state index in [0.29, 0.717) is 12.6 Å². The molecule has 7 heteroatoms. The fraction of sp³-hybridized carbons (Fsp3) is 0.545. The second-order valence-corrected chi connectivity index (χ2v) is 7.75. The molecule has 0 spiro atoms. The molecule has 2 unspecified atom stereocenters. The Morgan fingerprint density at radius 3 is 2.79 bits per heavy atom. The number of aryl methyl sites for hydroxylation is 1. The average molecular weight is 399 g/mol. The van der Waals surface area contributed by atoms with Gasteiger partial charge in [-0.2, -0.15) is 5.10 Å². The molecule has 0 amide bonds. The third-order valence-corrected chi connectivity index (χ3v) is 5.29. The van der Waals surface area contributed by atoms with E-state index in [1.165, 1.54) is 5.56 Å². The minimum Gasteiger partial charge on any atom is -0.370 e. The van der Waals surface area contributed by atoms with Crippen LogP contribution in [0.4, 0.5) is 0 Å². The van der Waals surface area contributed by atoms with Crippen LogP contribution in [0.3, 0.4) is 0 Å². The fourth-order valence-corrected chi connectivity index (χ4v) is 3.56. The lowest BCUT2D eigenvalue weighted by atomic mass is 10.1. The Morgan fingerprint density at radius 1 is 1.34 bits per heavy atom. The highest BCUT2D eigenvalue weighted by atomic mass is 16.5. The molecule has 1 N–H and O–H groups in total. The number of nitrogens with zero attached hydrogens (tertiary/aromatic N) is 5. The SMILES string of the molecule is CCNC(=NCC(Cc1ccccc1)N(C)C)N1CCOC(c2cnn(C)c2)C1. The topological polar surface area (TPSA) is 57.9 Å². The molecule has 2 atom stereocenters. The van der Waals surface area contributed by atoms with E-state index in [1.807, 2.05) is 24.1 Å². The van der Waals surface area contributed by atoms with Gasteiger partial charge in [-0.25, -0.2) is 0 Å². The molecule has 2 heterocycles. The van der Waals surface area contributed by atoms with Crippen molar-refractivity contribution in [3.05, 3.63) is 53.9 Å². The van der Waals surface area contributed by atoms with Crippen molar-refractivity contribution in [3.63, 3.8) is 0 Å². The van der Waals surface area contributed by atoms with E-state index >= 15 is 0 Å². The molecule has 29 heavy (non-hydrogen) atoms. The maximum absolute atomic E-state index is 5.99. The lowest BCUT2D eigenvalue weighted by Crippen LogP contribution is -2.48. The molecule has 1 aliphatic rings. The van der Waals surface area contributed by atoms with Crippen molar-refractivity contribution in [2.24, 2.45) is 12.0 Å². The third kappa shape index (κ3) is 6.05. The zero-order chi connectivity index (χ0) is 20.6. The van der Waals surface area contributed by atoms with E-state index in [2.05, 4.69) is 71.6 Å². The van der Waals surface area contributed by atoms with Crippen molar-refractivity contribution in [2.45, 2.75) is 25.5 Å². The summed E-state index contributed by atoms with van der Waals surface area (Å²) in [7, 11) is 6.19. The summed E-state index contributed by atoms with van der Waals surface area (Å²) in [6.45, 7) is 6.02. The molecule has 3 rings (SSSR count). The maximum Gasteiger partial charge on any atom is 0.194 e. The van der Waals surface area contributed by atoms with Gasteiger partial charge in [-0.3, -0.25) is 9.67 Å². The summed E-state index contributed by atoms with van der Waals surface area (Å²) in [5, 5.41) is 7.75. The van der Waals surface area contributed by atoms with Gasteiger partial charge in [-0.1, -0.05) is 30.3 Å². The third-order valence-electron chi connectivity index (χ3n) is 5.29. The first-order chi connectivity index (χ1) is 14.1. The molecule has 7 nitrogen and oxygen atoms in total. The molecule has 1 fully saturated rings. The lowest BCUT2D eigenvalue weighted by Gasteiger charge is -2.35. The highest BCUT2D eigenvalue weighted by Crippen LogP contribution is 2.21. The Labute approximate surface area is 174 Å². The molecule has 1 aromatic carbocycles. The number of guanidine groups is 1. The van der Waals surface area contributed by atoms with Gasteiger partial charge in [0.2, 0.25) is 0 Å². The summed E-state index contributed by atoms with van der Waals surface area (Å²) < 4.78 is 7.81. The van der Waals surface area contributed by atoms with Crippen LogP contribution in [0.5, 0.6) is 0 Å². The maximum atomic E-state index is 5.99. The van der Waals surface area contributed by atoms with Gasteiger partial charge in [-0.15, -0.1) is 0 Å². The Balaban J connectivity index is 1.68. The van der Waals surface area contributed by atoms with Gasteiger partial charge in [0.05, 0.1) is 25.9 Å². The van der Waals surface area contributed by atoms with Crippen LogP contribution in [0, 0.1) is 0 Å². The Bertz CT molecular complexity index is 773. The van der Waals surface area contributed by atoms with E-state index in [-0.39, 0.29) is 6.10 Å². The van der Waals surface area contributed by atoms with Gasteiger partial charge in [0.25, 0.3) is 0 Å². The average Bonchev–Trinajstić information content (AvgIpc) is 3.17. The molecule has 0 saturated carbocycles. The number of benzene rings is 1. The molecule has 0 aliphatic carbocycles. The molecule has 2 aromatic rings. The summed E-state index contributed by atoms with van der Waals surface area (Å²) in [6, 6.07) is 11.0. The van der Waals surface area contributed by atoms with Crippen LogP contribution in [0.25, 0.3) is 0 Å². The highest BCUT2D eigenvalue weighted by Gasteiger charge is 2.25. The number of hydrogen-bond donors (Lipinski definition) is 1. The molecule has 1 saturated heterocycles. The highest BCUT2D eigenvalue weighted by molar-refractivity contribution is 5.80. The van der Waals surface area contributed by atoms with Crippen LogP contribution < -0.4 is 5.32 Å². The minimum atomic E-state index is 0.0234. The molecule has 1 aliphatic heterocycles. The fourth-order valence-electron chi connectivity index (χ4n) is 3.56. The molecule has 0 radical (unpaired) electrons. The van der Waals surface area contributed by atoms with Crippen molar-refractivity contribution < 1.29 is 4.74 Å². The van der Waals surface area contributed by atoms with Crippen LogP contribution in [-0.2, 0) is 18.2 Å². The van der Waals surface area contributed by atoms with Crippen LogP contribution in [-0.4, -0.2) is 78.5 Å². The zero-order valence-corrected chi connectivity index (χ0v) is 18.1. The van der Waals surface area contributed by atoms with Crippen molar-refractivity contribution in [3.8, 4) is 0 Å². The van der Waals surface area contributed by atoms with Gasteiger partial charge in [-0.05, 0) is 33.0 Å². The largest absolute Gasteiger partial charge is 0.370 e. The van der Waals surface area contributed by atoms with E-state index in [4.69, 9.17) is 9.73 Å². The smallest absolute Gasteiger partial charge is 0.194 e. The number of likely N-dealkylation sites (N-methyl/N-ethyl adjacent to an activating group) is 1. The quantitative estimate of drug-likeness (QED) is 0.571. The van der Waals surface area contributed by atoms with E-state index < -0.39 is 0 Å². The summed E-state index contributed by atoms with van der Waals surface area (Å²) in [4.78, 5) is 9.57. The normalized spacial score (nSPS) is 18.9. The predicted octanol–water partition coefficient (Wildman–Crippen LogP) is 1.93. The van der Waals surface area contributed by atoms with Crippen LogP contribution in [0.15, 0.2) is 47.7 Å². The first-order valence-corrected chi connectivity index (χ1v) is 10.4. The molecule has 158 valence electrons. The number of morpholine rings is 1. The molecule has 1 aromatic heterocycles. The number of hydrogen-bond acceptors (Lipinski definition) is 4. The van der Waals surface area contributed by atoms with Crippen molar-refractivity contribution in [1.29, 1.82) is 0 Å². The number of aliphatic imine (C=N–C) groups is 1. The first-order valence-electron chi connectivity index (χ1n) is 10.4. The summed E-state index contributed by atoms with van der Waals surface area (Å²) >= 11 is 0. The summed E-state index contributed by atoms with van der Waals surface area (Å²) in [6.07, 6.45) is 4.92. The van der Waals surface area contributed by atoms with E-state index in [0.717, 1.165) is 44.1 Å². The van der Waals surface area contributed by atoms with Gasteiger partial charge >= 0.3 is 0 Å². The van der Waals surface area contributed by atoms with E-state index in [9.17, 15) is 0 Å². The Hall–Kier alpha value is -2.38. The number of aromatic nitrogens is 2. The van der Waals surface area contributed by atoms with Crippen LogP contribution in [0.2, 0.25) is 0 Å². The number of ether oxygens (including phenoxy) is 1. The Kier molecular flexibility index (Phi) is 7.66. The van der Waals surface area contributed by atoms with Gasteiger partial charge in [0, 0.05) is 37.9 Å². The van der Waals surface area contributed by atoms with Crippen LogP contribution in [0.1, 0.15) is 24.2 Å². The van der Waals surface area contributed by atoms with E-state index in [1.54, 1.807) is 0 Å². The van der Waals surface area contributed by atoms with Gasteiger partial charge < -0.3 is 19.9 Å². The Morgan fingerprint density at radius 2 is 2.14 bits per heavy atom. The van der Waals surface area contributed by atoms with Gasteiger partial charge in [0.1, 0.15) is 6.10 Å². The molecular formula is C22H34N6O. The van der Waals surface area contributed by atoms with Crippen molar-refractivity contribution in [1.82, 2.24) is 24.9 Å². The van der Waals surface area contributed by atoms with Crippen LogP contribution >= 0.6 is 0 Å². The zero-order valence-electron chi connectivity index (χ0n) is 18.1. The molecular weight excluding hydrogens is 364 g/mol. The monoisotopic (exact) mass is 398 g/mol. The predicted molar refractivity (Wildman–Crippen MR) is 117 cm³/mol. The lowest BCUT2D eigenvalue weighted by molar-refractivity contribution is -0.00807. The second kappa shape index (κ2) is 10.4. The first kappa shape index (κ1) is 21.3. The van der Waals surface area contributed by atoms with Crippen molar-refractivity contribution >= 4 is 5.96 Å². The number of nitrogens with one attached hydrogen (secondary N) is 1. The molecule has 0 bridgehead atoms. The minimum absolute atomic E-state index is 0.0234. The second-order valence-electron chi connectivity index (χ2n) is 7.75. The number of rotatable bonds is 7. The summed E-state index contributed by atoms with van der Waals surface area (Å²) in [5.41, 5.74) is 2.46.